The molecule has 0 bridgehead atoms. The zero-order chi connectivity index (χ0) is 12.7. The molecule has 2 aromatic rings. The second kappa shape index (κ2) is 3.86. The van der Waals surface area contributed by atoms with Gasteiger partial charge in [0.1, 0.15) is 5.82 Å². The lowest BCUT2D eigenvalue weighted by molar-refractivity contribution is -0.133. The first-order valence-corrected chi connectivity index (χ1v) is 5.45. The van der Waals surface area contributed by atoms with Crippen LogP contribution in [0.15, 0.2) is 31.0 Å². The van der Waals surface area contributed by atoms with Crippen molar-refractivity contribution in [2.45, 2.75) is 5.92 Å². The van der Waals surface area contributed by atoms with Gasteiger partial charge in [0.15, 0.2) is 11.5 Å². The Morgan fingerprint density at radius 2 is 2.22 bits per heavy atom. The van der Waals surface area contributed by atoms with Crippen molar-refractivity contribution in [2.75, 3.05) is 13.1 Å². The van der Waals surface area contributed by atoms with Crippen LogP contribution in [0.2, 0.25) is 0 Å². The molecular formula is C11H10FN5O. The average Bonchev–Trinajstić information content (AvgIpc) is 2.71. The van der Waals surface area contributed by atoms with Gasteiger partial charge in [0.25, 0.3) is 5.91 Å². The largest absolute Gasteiger partial charge is 0.335 e. The van der Waals surface area contributed by atoms with E-state index in [-0.39, 0.29) is 5.92 Å². The van der Waals surface area contributed by atoms with Crippen molar-refractivity contribution in [1.82, 2.24) is 24.5 Å². The van der Waals surface area contributed by atoms with E-state index in [1.165, 1.54) is 4.90 Å². The molecule has 3 heterocycles. The maximum atomic E-state index is 12.7. The molecule has 3 rings (SSSR count). The molecule has 1 saturated heterocycles. The number of rotatable bonds is 2. The Morgan fingerprint density at radius 1 is 1.44 bits per heavy atom. The number of nitrogens with zero attached hydrogens (tertiary/aromatic N) is 5. The number of amides is 1. The van der Waals surface area contributed by atoms with Gasteiger partial charge in [0.05, 0.1) is 12.1 Å². The van der Waals surface area contributed by atoms with Gasteiger partial charge in [-0.3, -0.25) is 14.2 Å². The van der Waals surface area contributed by atoms with Crippen LogP contribution >= 0.6 is 0 Å². The van der Waals surface area contributed by atoms with Gasteiger partial charge in [-0.1, -0.05) is 6.58 Å². The van der Waals surface area contributed by atoms with Crippen molar-refractivity contribution in [3.8, 4) is 0 Å². The van der Waals surface area contributed by atoms with Crippen molar-refractivity contribution in [3.05, 3.63) is 36.8 Å². The van der Waals surface area contributed by atoms with Crippen LogP contribution in [0.4, 0.5) is 4.39 Å². The fourth-order valence-corrected chi connectivity index (χ4v) is 2.03. The summed E-state index contributed by atoms with van der Waals surface area (Å²) in [6, 6.07) is 0. The fraction of sp³-hybridized carbons (Fsp3) is 0.273. The molecule has 0 radical (unpaired) electrons. The van der Waals surface area contributed by atoms with E-state index in [2.05, 4.69) is 21.8 Å². The van der Waals surface area contributed by atoms with Gasteiger partial charge < -0.3 is 4.90 Å². The van der Waals surface area contributed by atoms with E-state index >= 15 is 0 Å². The van der Waals surface area contributed by atoms with Crippen molar-refractivity contribution >= 4 is 11.6 Å². The lowest BCUT2D eigenvalue weighted by Gasteiger charge is -2.37. The van der Waals surface area contributed by atoms with Crippen LogP contribution in [0.25, 0.3) is 5.65 Å². The van der Waals surface area contributed by atoms with Gasteiger partial charge >= 0.3 is 0 Å². The highest BCUT2D eigenvalue weighted by atomic mass is 19.1. The topological polar surface area (TPSA) is 63.4 Å². The second-order valence-electron chi connectivity index (χ2n) is 4.17. The zero-order valence-corrected chi connectivity index (χ0v) is 9.45. The first kappa shape index (κ1) is 10.8. The monoisotopic (exact) mass is 247 g/mol. The molecule has 1 amide bonds. The molecule has 0 N–H and O–H groups in total. The minimum atomic E-state index is -0.927. The standard InChI is InChI=1S/C11H10FN5O/c1-7(12)11(18)16-5-8(6-16)10-15-14-9-4-13-2-3-17(9)10/h2-4,8H,1,5-6H2. The summed E-state index contributed by atoms with van der Waals surface area (Å²) in [5.74, 6) is -0.739. The summed E-state index contributed by atoms with van der Waals surface area (Å²) in [6.45, 7) is 3.87. The van der Waals surface area contributed by atoms with Crippen LogP contribution in [0.1, 0.15) is 11.7 Å². The number of likely N-dealkylation sites (tertiary alicyclic amines) is 1. The van der Waals surface area contributed by atoms with Gasteiger partial charge in [-0.15, -0.1) is 10.2 Å². The summed E-state index contributed by atoms with van der Waals surface area (Å²) >= 11 is 0. The molecule has 0 unspecified atom stereocenters. The summed E-state index contributed by atoms with van der Waals surface area (Å²) in [5.41, 5.74) is 0.659. The van der Waals surface area contributed by atoms with Crippen LogP contribution in [0.3, 0.4) is 0 Å². The third-order valence-electron chi connectivity index (χ3n) is 3.01. The van der Waals surface area contributed by atoms with E-state index in [1.807, 2.05) is 4.40 Å². The Morgan fingerprint density at radius 3 is 2.94 bits per heavy atom. The van der Waals surface area contributed by atoms with Gasteiger partial charge in [-0.25, -0.2) is 4.39 Å². The SMILES string of the molecule is C=C(F)C(=O)N1CC(c2nnc3cnccn23)C1. The number of carbonyl (C=O) groups is 1. The first-order chi connectivity index (χ1) is 8.66. The van der Waals surface area contributed by atoms with Crippen LogP contribution in [0.5, 0.6) is 0 Å². The molecule has 2 aromatic heterocycles. The number of hydrogen-bond donors (Lipinski definition) is 0. The van der Waals surface area contributed by atoms with Crippen LogP contribution in [-0.4, -0.2) is 43.5 Å². The second-order valence-corrected chi connectivity index (χ2v) is 4.17. The van der Waals surface area contributed by atoms with Crippen molar-refractivity contribution in [2.24, 2.45) is 0 Å². The molecule has 1 fully saturated rings. The highest BCUT2D eigenvalue weighted by Gasteiger charge is 2.35. The molecule has 0 atom stereocenters. The minimum Gasteiger partial charge on any atom is -0.335 e. The van der Waals surface area contributed by atoms with E-state index in [4.69, 9.17) is 0 Å². The Hall–Kier alpha value is -2.31. The molecule has 0 aromatic carbocycles. The van der Waals surface area contributed by atoms with E-state index < -0.39 is 11.7 Å². The average molecular weight is 247 g/mol. The van der Waals surface area contributed by atoms with Gasteiger partial charge in [0, 0.05) is 25.5 Å². The number of carbonyl (C=O) groups excluding carboxylic acids is 1. The molecular weight excluding hydrogens is 237 g/mol. The Kier molecular flexibility index (Phi) is 2.32. The minimum absolute atomic E-state index is 0.0747. The quantitative estimate of drug-likeness (QED) is 0.726. The number of halogens is 1. The summed E-state index contributed by atoms with van der Waals surface area (Å²) < 4.78 is 14.5. The molecule has 6 nitrogen and oxygen atoms in total. The van der Waals surface area contributed by atoms with E-state index in [9.17, 15) is 9.18 Å². The van der Waals surface area contributed by atoms with Gasteiger partial charge in [-0.05, 0) is 0 Å². The molecule has 18 heavy (non-hydrogen) atoms. The van der Waals surface area contributed by atoms with Crippen LogP contribution < -0.4 is 0 Å². The zero-order valence-electron chi connectivity index (χ0n) is 9.45. The summed E-state index contributed by atoms with van der Waals surface area (Å²) in [5, 5.41) is 8.06. The van der Waals surface area contributed by atoms with E-state index in [1.54, 1.807) is 18.6 Å². The van der Waals surface area contributed by atoms with E-state index in [0.717, 1.165) is 5.82 Å². The molecule has 0 spiro atoms. The molecule has 92 valence electrons. The molecule has 7 heteroatoms. The highest BCUT2D eigenvalue weighted by molar-refractivity contribution is 5.91. The number of hydrogen-bond acceptors (Lipinski definition) is 4. The normalized spacial score (nSPS) is 15.7. The lowest BCUT2D eigenvalue weighted by atomic mass is 9.99. The van der Waals surface area contributed by atoms with Crippen LogP contribution in [-0.2, 0) is 4.79 Å². The van der Waals surface area contributed by atoms with Crippen LogP contribution in [0, 0.1) is 0 Å². The maximum Gasteiger partial charge on any atom is 0.282 e. The van der Waals surface area contributed by atoms with Gasteiger partial charge in [0.2, 0.25) is 0 Å². The maximum absolute atomic E-state index is 12.7. The molecule has 1 aliphatic rings. The Balaban J connectivity index is 1.79. The smallest absolute Gasteiger partial charge is 0.282 e. The highest BCUT2D eigenvalue weighted by Crippen LogP contribution is 2.26. The summed E-state index contributed by atoms with van der Waals surface area (Å²) in [4.78, 5) is 16.6. The molecule has 0 saturated carbocycles. The molecule has 0 aliphatic carbocycles. The fourth-order valence-electron chi connectivity index (χ4n) is 2.03. The van der Waals surface area contributed by atoms with Crippen molar-refractivity contribution in [3.63, 3.8) is 0 Å². The summed E-state index contributed by atoms with van der Waals surface area (Å²) in [7, 11) is 0. The molecule has 1 aliphatic heterocycles. The predicted octanol–water partition coefficient (Wildman–Crippen LogP) is 0.533. The Bertz CT molecular complexity index is 631. The van der Waals surface area contributed by atoms with E-state index in [0.29, 0.717) is 18.7 Å². The number of aromatic nitrogens is 4. The third kappa shape index (κ3) is 1.55. The predicted molar refractivity (Wildman–Crippen MR) is 60.4 cm³/mol. The van der Waals surface area contributed by atoms with Crippen molar-refractivity contribution < 1.29 is 9.18 Å². The lowest BCUT2D eigenvalue weighted by Crippen LogP contribution is -2.49. The Labute approximate surface area is 102 Å². The van der Waals surface area contributed by atoms with Gasteiger partial charge in [-0.2, -0.15) is 0 Å². The summed E-state index contributed by atoms with van der Waals surface area (Å²) in [6.07, 6.45) is 5.02. The third-order valence-corrected chi connectivity index (χ3v) is 3.01. The van der Waals surface area contributed by atoms with Crippen molar-refractivity contribution in [1.29, 1.82) is 0 Å². The number of fused-ring (bicyclic) bond motifs is 1. The first-order valence-electron chi connectivity index (χ1n) is 5.45.